The molecule has 2 aromatic rings. The third-order valence-electron chi connectivity index (χ3n) is 7.15. The van der Waals surface area contributed by atoms with Gasteiger partial charge in [-0.05, 0) is 55.5 Å². The van der Waals surface area contributed by atoms with Crippen LogP contribution in [-0.4, -0.2) is 56.8 Å². The highest BCUT2D eigenvalue weighted by Gasteiger charge is 2.31. The highest BCUT2D eigenvalue weighted by atomic mass is 32.2. The summed E-state index contributed by atoms with van der Waals surface area (Å²) >= 11 is 0. The first-order valence-corrected chi connectivity index (χ1v) is 15.2. The van der Waals surface area contributed by atoms with E-state index in [2.05, 4.69) is 5.32 Å². The number of hydrogen-bond acceptors (Lipinski definition) is 6. The fourth-order valence-corrected chi connectivity index (χ4v) is 6.08. The largest absolute Gasteiger partial charge is 0.454 e. The molecule has 4 rings (SSSR count). The van der Waals surface area contributed by atoms with Crippen molar-refractivity contribution in [1.29, 1.82) is 0 Å². The molecule has 0 aromatic heterocycles. The van der Waals surface area contributed by atoms with Crippen molar-refractivity contribution < 1.29 is 31.9 Å². The second-order valence-corrected chi connectivity index (χ2v) is 11.9. The quantitative estimate of drug-likeness (QED) is 0.421. The maximum Gasteiger partial charge on any atom is 0.243 e. The monoisotopic (exact) mass is 561 g/mol. The SMILES string of the molecule is CC[C@H](C(=O)NC1CCCC1)N(Cc1ccc(F)cc1)C(=O)CCCN(c1ccc2c(c1)OCO2)S(C)(=O)=O. The van der Waals surface area contributed by atoms with E-state index in [4.69, 9.17) is 9.47 Å². The smallest absolute Gasteiger partial charge is 0.243 e. The summed E-state index contributed by atoms with van der Waals surface area (Å²) in [5, 5.41) is 3.09. The third-order valence-corrected chi connectivity index (χ3v) is 8.34. The van der Waals surface area contributed by atoms with E-state index >= 15 is 0 Å². The summed E-state index contributed by atoms with van der Waals surface area (Å²) in [4.78, 5) is 28.3. The Labute approximate surface area is 229 Å². The van der Waals surface area contributed by atoms with Gasteiger partial charge in [0.1, 0.15) is 11.9 Å². The van der Waals surface area contributed by atoms with Crippen molar-refractivity contribution in [3.8, 4) is 11.5 Å². The minimum Gasteiger partial charge on any atom is -0.454 e. The molecule has 1 fully saturated rings. The van der Waals surface area contributed by atoms with Crippen LogP contribution in [0.2, 0.25) is 0 Å². The van der Waals surface area contributed by atoms with Crippen molar-refractivity contribution in [2.75, 3.05) is 23.9 Å². The highest BCUT2D eigenvalue weighted by Crippen LogP contribution is 2.36. The van der Waals surface area contributed by atoms with E-state index in [9.17, 15) is 22.4 Å². The normalized spacial score (nSPS) is 15.7. The van der Waals surface area contributed by atoms with Crippen LogP contribution in [0.3, 0.4) is 0 Å². The Hall–Kier alpha value is -3.34. The Kier molecular flexibility index (Phi) is 9.32. The number of fused-ring (bicyclic) bond motifs is 1. The van der Waals surface area contributed by atoms with Gasteiger partial charge in [-0.3, -0.25) is 13.9 Å². The first-order valence-electron chi connectivity index (χ1n) is 13.4. The third kappa shape index (κ3) is 7.40. The molecule has 11 heteroatoms. The fourth-order valence-electron chi connectivity index (χ4n) is 5.12. The number of ether oxygens (including phenoxy) is 2. The molecule has 1 aliphatic carbocycles. The Morgan fingerprint density at radius 3 is 2.44 bits per heavy atom. The first kappa shape index (κ1) is 28.7. The predicted molar refractivity (Wildman–Crippen MR) is 145 cm³/mol. The maximum atomic E-state index is 13.5. The Morgan fingerprint density at radius 2 is 1.77 bits per heavy atom. The molecular weight excluding hydrogens is 525 g/mol. The maximum absolute atomic E-state index is 13.5. The van der Waals surface area contributed by atoms with E-state index in [0.29, 0.717) is 29.2 Å². The van der Waals surface area contributed by atoms with E-state index in [1.807, 2.05) is 6.92 Å². The van der Waals surface area contributed by atoms with Crippen LogP contribution in [0, 0.1) is 5.82 Å². The number of carbonyl (C=O) groups is 2. The van der Waals surface area contributed by atoms with Gasteiger partial charge in [-0.2, -0.15) is 0 Å². The van der Waals surface area contributed by atoms with Crippen molar-refractivity contribution in [3.63, 3.8) is 0 Å². The van der Waals surface area contributed by atoms with E-state index in [1.54, 1.807) is 30.3 Å². The molecule has 2 aliphatic rings. The second kappa shape index (κ2) is 12.7. The fraction of sp³-hybridized carbons (Fsp3) is 0.500. The van der Waals surface area contributed by atoms with Crippen molar-refractivity contribution in [1.82, 2.24) is 10.2 Å². The Balaban J connectivity index is 1.47. The molecule has 0 radical (unpaired) electrons. The lowest BCUT2D eigenvalue weighted by atomic mass is 10.1. The molecular formula is C28H36FN3O6S. The summed E-state index contributed by atoms with van der Waals surface area (Å²) in [6, 6.07) is 10.2. The molecule has 2 amide bonds. The van der Waals surface area contributed by atoms with Crippen LogP contribution < -0.4 is 19.1 Å². The van der Waals surface area contributed by atoms with Crippen LogP contribution in [-0.2, 0) is 26.2 Å². The zero-order valence-electron chi connectivity index (χ0n) is 22.4. The summed E-state index contributed by atoms with van der Waals surface area (Å²) in [6.45, 7) is 2.14. The van der Waals surface area contributed by atoms with Gasteiger partial charge < -0.3 is 19.7 Å². The van der Waals surface area contributed by atoms with Crippen LogP contribution in [0.4, 0.5) is 10.1 Å². The molecule has 0 spiro atoms. The molecule has 0 bridgehead atoms. The molecule has 1 N–H and O–H groups in total. The highest BCUT2D eigenvalue weighted by molar-refractivity contribution is 7.92. The van der Waals surface area contributed by atoms with Crippen LogP contribution in [0.5, 0.6) is 11.5 Å². The molecule has 1 aliphatic heterocycles. The van der Waals surface area contributed by atoms with Gasteiger partial charge in [0, 0.05) is 31.6 Å². The summed E-state index contributed by atoms with van der Waals surface area (Å²) < 4.78 is 50.6. The zero-order chi connectivity index (χ0) is 28.0. The van der Waals surface area contributed by atoms with Crippen LogP contribution in [0.15, 0.2) is 42.5 Å². The Morgan fingerprint density at radius 1 is 1.08 bits per heavy atom. The molecule has 212 valence electrons. The van der Waals surface area contributed by atoms with Crippen LogP contribution >= 0.6 is 0 Å². The van der Waals surface area contributed by atoms with Gasteiger partial charge in [0.15, 0.2) is 11.5 Å². The number of hydrogen-bond donors (Lipinski definition) is 1. The lowest BCUT2D eigenvalue weighted by molar-refractivity contribution is -0.141. The molecule has 0 unspecified atom stereocenters. The number of sulfonamides is 1. The molecule has 0 saturated heterocycles. The molecule has 2 aromatic carbocycles. The summed E-state index contributed by atoms with van der Waals surface area (Å²) in [7, 11) is -3.64. The summed E-state index contributed by atoms with van der Waals surface area (Å²) in [6.07, 6.45) is 5.79. The number of rotatable bonds is 12. The van der Waals surface area contributed by atoms with Crippen LogP contribution in [0.1, 0.15) is 57.4 Å². The Bertz CT molecular complexity index is 1260. The van der Waals surface area contributed by atoms with Gasteiger partial charge in [0.05, 0.1) is 11.9 Å². The average molecular weight is 562 g/mol. The molecule has 1 atom stereocenters. The van der Waals surface area contributed by atoms with Gasteiger partial charge in [0.25, 0.3) is 0 Å². The van der Waals surface area contributed by atoms with Crippen LogP contribution in [0.25, 0.3) is 0 Å². The molecule has 1 saturated carbocycles. The van der Waals surface area contributed by atoms with Crippen molar-refractivity contribution in [2.24, 2.45) is 0 Å². The summed E-state index contributed by atoms with van der Waals surface area (Å²) in [5.74, 6) is 0.152. The van der Waals surface area contributed by atoms with Crippen molar-refractivity contribution in [2.45, 2.75) is 70.5 Å². The van der Waals surface area contributed by atoms with E-state index in [-0.39, 0.29) is 56.4 Å². The number of amides is 2. The van der Waals surface area contributed by atoms with Crippen molar-refractivity contribution in [3.05, 3.63) is 53.8 Å². The van der Waals surface area contributed by atoms with Gasteiger partial charge in [-0.15, -0.1) is 0 Å². The number of nitrogens with one attached hydrogen (secondary N) is 1. The van der Waals surface area contributed by atoms with Crippen molar-refractivity contribution >= 4 is 27.5 Å². The minimum absolute atomic E-state index is 0.0327. The molecule has 1 heterocycles. The summed E-state index contributed by atoms with van der Waals surface area (Å²) in [5.41, 5.74) is 1.12. The zero-order valence-corrected chi connectivity index (χ0v) is 23.2. The van der Waals surface area contributed by atoms with Gasteiger partial charge >= 0.3 is 0 Å². The topological polar surface area (TPSA) is 105 Å². The van der Waals surface area contributed by atoms with Gasteiger partial charge in [-0.1, -0.05) is 31.9 Å². The number of halogens is 1. The van der Waals surface area contributed by atoms with Gasteiger partial charge in [-0.25, -0.2) is 12.8 Å². The minimum atomic E-state index is -3.64. The lowest BCUT2D eigenvalue weighted by Crippen LogP contribution is -2.51. The number of anilines is 1. The lowest BCUT2D eigenvalue weighted by Gasteiger charge is -2.32. The standard InChI is InChI=1S/C28H36FN3O6S/c1-3-24(28(34)30-22-7-4-5-8-22)31(18-20-10-12-21(29)13-11-20)27(33)9-6-16-32(39(2,35)36)23-14-15-25-26(17-23)38-19-37-25/h10-15,17,22,24H,3-9,16,18-19H2,1-2H3,(H,30,34)/t24-/m1/s1. The number of carbonyl (C=O) groups excluding carboxylic acids is 2. The number of nitrogens with zero attached hydrogens (tertiary/aromatic N) is 2. The molecule has 9 nitrogen and oxygen atoms in total. The van der Waals surface area contributed by atoms with Gasteiger partial charge in [0.2, 0.25) is 28.6 Å². The predicted octanol–water partition coefficient (Wildman–Crippen LogP) is 3.97. The molecule has 39 heavy (non-hydrogen) atoms. The second-order valence-electron chi connectivity index (χ2n) is 10.0. The van der Waals surface area contributed by atoms with E-state index < -0.39 is 16.1 Å². The average Bonchev–Trinajstić information content (AvgIpc) is 3.58. The first-order chi connectivity index (χ1) is 18.7. The number of benzene rings is 2. The van der Waals surface area contributed by atoms with E-state index in [1.165, 1.54) is 21.3 Å². The van der Waals surface area contributed by atoms with E-state index in [0.717, 1.165) is 31.9 Å².